The fourth-order valence-electron chi connectivity index (χ4n) is 2.12. The fourth-order valence-corrected chi connectivity index (χ4v) is 2.12. The van der Waals surface area contributed by atoms with E-state index in [0.717, 1.165) is 6.54 Å². The Morgan fingerprint density at radius 1 is 1.31 bits per heavy atom. The molecule has 2 aliphatic heterocycles. The van der Waals surface area contributed by atoms with E-state index in [-0.39, 0.29) is 0 Å². The molecule has 0 unspecified atom stereocenters. The van der Waals surface area contributed by atoms with Crippen molar-refractivity contribution in [1.82, 2.24) is 15.6 Å². The molecule has 2 N–H and O–H groups in total. The monoisotopic (exact) mass is 225 g/mol. The van der Waals surface area contributed by atoms with Crippen molar-refractivity contribution in [3.05, 3.63) is 6.35 Å². The highest BCUT2D eigenvalue weighted by molar-refractivity contribution is 5.49. The molecule has 91 valence electrons. The number of unbranched alkanes of at least 4 members (excludes halogenated alkanes) is 1. The number of hydrazone groups is 1. The molecule has 0 aliphatic carbocycles. The summed E-state index contributed by atoms with van der Waals surface area (Å²) in [6.45, 7) is 4.77. The topological polar surface area (TPSA) is 48.9 Å². The van der Waals surface area contributed by atoms with Crippen LogP contribution in [-0.2, 0) is 4.74 Å². The fraction of sp³-hybridized carbons (Fsp3) is 0.818. The maximum Gasteiger partial charge on any atom is 0.332 e. The van der Waals surface area contributed by atoms with Crippen molar-refractivity contribution in [1.29, 1.82) is 0 Å². The first-order valence-electron chi connectivity index (χ1n) is 6.22. The third-order valence-corrected chi connectivity index (χ3v) is 3.02. The van der Waals surface area contributed by atoms with E-state index in [9.17, 15) is 0 Å². The molecule has 0 aromatic heterocycles. The molecule has 0 aromatic rings. The summed E-state index contributed by atoms with van der Waals surface area (Å²) in [6, 6.07) is 0. The zero-order chi connectivity index (χ0) is 11.1. The second kappa shape index (κ2) is 6.70. The normalized spacial score (nSPS) is 22.0. The van der Waals surface area contributed by atoms with Crippen LogP contribution in [0.25, 0.3) is 0 Å². The molecule has 0 spiro atoms. The van der Waals surface area contributed by atoms with Gasteiger partial charge in [-0.1, -0.05) is 6.42 Å². The van der Waals surface area contributed by atoms with E-state index in [4.69, 9.17) is 4.74 Å². The van der Waals surface area contributed by atoms with Gasteiger partial charge in [-0.25, -0.2) is 5.43 Å². The third-order valence-electron chi connectivity index (χ3n) is 3.02. The van der Waals surface area contributed by atoms with Crippen LogP contribution >= 0.6 is 0 Å². The second-order valence-corrected chi connectivity index (χ2v) is 4.33. The molecule has 2 heterocycles. The molecule has 0 amide bonds. The average Bonchev–Trinajstić information content (AvgIpc) is 2.83. The molecule has 1 saturated heterocycles. The van der Waals surface area contributed by atoms with Crippen LogP contribution in [0.5, 0.6) is 0 Å². The van der Waals surface area contributed by atoms with Crippen LogP contribution in [0.2, 0.25) is 0 Å². The van der Waals surface area contributed by atoms with Crippen molar-refractivity contribution in [2.24, 2.45) is 5.10 Å². The van der Waals surface area contributed by atoms with E-state index in [1.165, 1.54) is 58.1 Å². The Balaban J connectivity index is 1.42. The minimum Gasteiger partial charge on any atom is -0.434 e. The van der Waals surface area contributed by atoms with Crippen molar-refractivity contribution in [2.45, 2.75) is 32.1 Å². The minimum atomic E-state index is 0.651. The summed E-state index contributed by atoms with van der Waals surface area (Å²) in [5.74, 6) is 0. The van der Waals surface area contributed by atoms with Gasteiger partial charge in [0, 0.05) is 6.54 Å². The molecule has 5 heteroatoms. The quantitative estimate of drug-likeness (QED) is 0.658. The van der Waals surface area contributed by atoms with E-state index in [0.29, 0.717) is 6.35 Å². The lowest BCUT2D eigenvalue weighted by Crippen LogP contribution is -2.32. The highest BCUT2D eigenvalue weighted by Gasteiger charge is 2.12. The summed E-state index contributed by atoms with van der Waals surface area (Å²) >= 11 is 0. The van der Waals surface area contributed by atoms with Gasteiger partial charge in [0.05, 0.1) is 0 Å². The number of likely N-dealkylation sites (tertiary alicyclic amines) is 1. The van der Waals surface area contributed by atoms with Gasteiger partial charge >= 0.3 is 6.35 Å². The number of rotatable bonds is 6. The lowest BCUT2D eigenvalue weighted by molar-refractivity contribution is 0.222. The predicted molar refractivity (Wildman–Crippen MR) is 63.5 cm³/mol. The highest BCUT2D eigenvalue weighted by Crippen LogP contribution is 2.09. The molecule has 2 rings (SSSR count). The predicted octanol–water partition coefficient (Wildman–Crippen LogP) is 0.852. The Hall–Kier alpha value is -0.810. The van der Waals surface area contributed by atoms with Crippen LogP contribution in [0, 0.1) is 6.35 Å². The van der Waals surface area contributed by atoms with Gasteiger partial charge in [0.25, 0.3) is 0 Å². The molecule has 0 atom stereocenters. The van der Waals surface area contributed by atoms with Crippen molar-refractivity contribution in [2.75, 3.05) is 26.2 Å². The van der Waals surface area contributed by atoms with E-state index in [1.807, 2.05) is 0 Å². The van der Waals surface area contributed by atoms with Crippen molar-refractivity contribution >= 4 is 6.40 Å². The number of nitrogens with zero attached hydrogens (tertiary/aromatic N) is 2. The van der Waals surface area contributed by atoms with Crippen LogP contribution in [0.15, 0.2) is 5.10 Å². The SMILES string of the molecule is C1=NN[C](NCCCCN2CCCCC2)O1. The van der Waals surface area contributed by atoms with Crippen LogP contribution in [0.4, 0.5) is 0 Å². The Bertz CT molecular complexity index is 208. The van der Waals surface area contributed by atoms with Crippen LogP contribution in [0.3, 0.4) is 0 Å². The zero-order valence-corrected chi connectivity index (χ0v) is 9.74. The second-order valence-electron chi connectivity index (χ2n) is 4.33. The summed E-state index contributed by atoms with van der Waals surface area (Å²) < 4.78 is 5.04. The van der Waals surface area contributed by atoms with E-state index >= 15 is 0 Å². The first-order valence-corrected chi connectivity index (χ1v) is 6.22. The van der Waals surface area contributed by atoms with Crippen molar-refractivity contribution < 1.29 is 4.74 Å². The maximum atomic E-state index is 5.04. The minimum absolute atomic E-state index is 0.651. The van der Waals surface area contributed by atoms with Crippen LogP contribution < -0.4 is 10.7 Å². The molecular formula is C11H21N4O. The van der Waals surface area contributed by atoms with Gasteiger partial charge in [-0.05, 0) is 45.3 Å². The molecule has 1 fully saturated rings. The van der Waals surface area contributed by atoms with E-state index in [2.05, 4.69) is 20.7 Å². The summed E-state index contributed by atoms with van der Waals surface area (Å²) in [7, 11) is 0. The number of hydrogen-bond acceptors (Lipinski definition) is 5. The molecule has 2 aliphatic rings. The van der Waals surface area contributed by atoms with Gasteiger partial charge in [-0.3, -0.25) is 5.32 Å². The Labute approximate surface area is 97.2 Å². The summed E-state index contributed by atoms with van der Waals surface area (Å²) in [4.78, 5) is 2.57. The number of nitrogens with one attached hydrogen (secondary N) is 2. The molecule has 0 saturated carbocycles. The van der Waals surface area contributed by atoms with Gasteiger partial charge in [-0.2, -0.15) is 0 Å². The molecule has 1 radical (unpaired) electrons. The Kier molecular flexibility index (Phi) is 4.89. The van der Waals surface area contributed by atoms with Gasteiger partial charge < -0.3 is 9.64 Å². The van der Waals surface area contributed by atoms with Crippen molar-refractivity contribution in [3.63, 3.8) is 0 Å². The Morgan fingerprint density at radius 3 is 2.94 bits per heavy atom. The molecule has 0 aromatic carbocycles. The smallest absolute Gasteiger partial charge is 0.332 e. The maximum absolute atomic E-state index is 5.04. The number of piperidine rings is 1. The molecular weight excluding hydrogens is 204 g/mol. The van der Waals surface area contributed by atoms with Crippen LogP contribution in [-0.4, -0.2) is 37.5 Å². The lowest BCUT2D eigenvalue weighted by Gasteiger charge is -2.26. The zero-order valence-electron chi connectivity index (χ0n) is 9.74. The van der Waals surface area contributed by atoms with Gasteiger partial charge in [-0.15, -0.1) is 5.10 Å². The third kappa shape index (κ3) is 3.98. The Morgan fingerprint density at radius 2 is 2.19 bits per heavy atom. The average molecular weight is 225 g/mol. The largest absolute Gasteiger partial charge is 0.434 e. The summed E-state index contributed by atoms with van der Waals surface area (Å²) in [6.07, 6.45) is 8.65. The van der Waals surface area contributed by atoms with Crippen molar-refractivity contribution in [3.8, 4) is 0 Å². The van der Waals surface area contributed by atoms with Gasteiger partial charge in [0.15, 0.2) is 6.40 Å². The lowest BCUT2D eigenvalue weighted by atomic mass is 10.1. The summed E-state index contributed by atoms with van der Waals surface area (Å²) in [5.41, 5.74) is 2.74. The molecule has 0 bridgehead atoms. The first-order chi connectivity index (χ1) is 7.95. The van der Waals surface area contributed by atoms with Gasteiger partial charge in [0.2, 0.25) is 0 Å². The van der Waals surface area contributed by atoms with Gasteiger partial charge in [0.1, 0.15) is 0 Å². The highest BCUT2D eigenvalue weighted by atomic mass is 16.5. The molecule has 5 nitrogen and oxygen atoms in total. The standard InChI is InChI=1S/C11H21N4O/c1-3-7-15(8-4-1)9-5-2-6-12-11-14-13-10-16-11/h10,12,14H,1-9H2. The first kappa shape index (κ1) is 11.7. The van der Waals surface area contributed by atoms with E-state index in [1.54, 1.807) is 0 Å². The number of ether oxygens (including phenoxy) is 1. The van der Waals surface area contributed by atoms with Crippen LogP contribution in [0.1, 0.15) is 32.1 Å². The summed E-state index contributed by atoms with van der Waals surface area (Å²) in [5, 5.41) is 6.89. The van der Waals surface area contributed by atoms with E-state index < -0.39 is 0 Å². The number of hydrogen-bond donors (Lipinski definition) is 2. The molecule has 16 heavy (non-hydrogen) atoms.